The van der Waals surface area contributed by atoms with E-state index in [1.54, 1.807) is 12.1 Å². The van der Waals surface area contributed by atoms with Gasteiger partial charge in [0.1, 0.15) is 16.2 Å². The Kier molecular flexibility index (Phi) is 4.20. The quantitative estimate of drug-likeness (QED) is 0.686. The number of carboxylic acid groups (broad SMARTS) is 1. The van der Waals surface area contributed by atoms with Gasteiger partial charge in [0.25, 0.3) is 5.91 Å². The first kappa shape index (κ1) is 14.7. The molecule has 104 valence electrons. The van der Waals surface area contributed by atoms with E-state index in [2.05, 4.69) is 0 Å². The molecule has 1 heterocycles. The van der Waals surface area contributed by atoms with E-state index in [9.17, 15) is 14.0 Å². The molecule has 0 bridgehead atoms. The van der Waals surface area contributed by atoms with Crippen LogP contribution in [0, 0.1) is 5.82 Å². The number of hydrogen-bond donors (Lipinski definition) is 1. The van der Waals surface area contributed by atoms with Crippen LogP contribution in [-0.2, 0) is 9.59 Å². The number of carbonyl (C=O) groups is 2. The van der Waals surface area contributed by atoms with Gasteiger partial charge in [0, 0.05) is 5.56 Å². The molecule has 1 atom stereocenters. The molecule has 1 fully saturated rings. The van der Waals surface area contributed by atoms with Gasteiger partial charge in [0.2, 0.25) is 0 Å². The van der Waals surface area contributed by atoms with E-state index in [0.29, 0.717) is 0 Å². The van der Waals surface area contributed by atoms with Crippen molar-refractivity contribution in [2.75, 3.05) is 0 Å². The highest BCUT2D eigenvalue weighted by atomic mass is 32.2. The van der Waals surface area contributed by atoms with Crippen LogP contribution in [0.5, 0.6) is 0 Å². The van der Waals surface area contributed by atoms with Crippen LogP contribution in [0.2, 0.25) is 0 Å². The van der Waals surface area contributed by atoms with Crippen molar-refractivity contribution in [3.05, 3.63) is 40.6 Å². The fourth-order valence-electron chi connectivity index (χ4n) is 1.66. The maximum atomic E-state index is 13.5. The van der Waals surface area contributed by atoms with E-state index in [1.807, 2.05) is 0 Å². The minimum Gasteiger partial charge on any atom is -0.480 e. The summed E-state index contributed by atoms with van der Waals surface area (Å²) in [4.78, 5) is 24.3. The van der Waals surface area contributed by atoms with Crippen molar-refractivity contribution in [1.82, 2.24) is 4.90 Å². The molecule has 2 rings (SSSR count). The van der Waals surface area contributed by atoms with E-state index in [4.69, 9.17) is 17.3 Å². The summed E-state index contributed by atoms with van der Waals surface area (Å²) in [5.41, 5.74) is 0.260. The van der Waals surface area contributed by atoms with Crippen LogP contribution in [0.4, 0.5) is 4.39 Å². The van der Waals surface area contributed by atoms with Gasteiger partial charge < -0.3 is 5.11 Å². The monoisotopic (exact) mass is 311 g/mol. The number of thioether (sulfide) groups is 1. The van der Waals surface area contributed by atoms with Gasteiger partial charge >= 0.3 is 5.97 Å². The van der Waals surface area contributed by atoms with Gasteiger partial charge in [-0.2, -0.15) is 0 Å². The molecule has 0 aromatic heterocycles. The molecule has 0 saturated carbocycles. The number of carboxylic acids is 1. The zero-order valence-corrected chi connectivity index (χ0v) is 12.0. The summed E-state index contributed by atoms with van der Waals surface area (Å²) in [6.07, 6.45) is 1.38. The highest BCUT2D eigenvalue weighted by Gasteiger charge is 2.38. The molecule has 1 amide bonds. The summed E-state index contributed by atoms with van der Waals surface area (Å²) in [7, 11) is 0. The summed E-state index contributed by atoms with van der Waals surface area (Å²) < 4.78 is 13.7. The first-order valence-corrected chi connectivity index (χ1v) is 6.88. The molecule has 1 aliphatic heterocycles. The third kappa shape index (κ3) is 2.73. The Labute approximate surface area is 124 Å². The highest BCUT2D eigenvalue weighted by Crippen LogP contribution is 2.34. The van der Waals surface area contributed by atoms with Gasteiger partial charge in [-0.15, -0.1) is 0 Å². The van der Waals surface area contributed by atoms with Gasteiger partial charge in [-0.3, -0.25) is 9.69 Å². The number of benzene rings is 1. The zero-order valence-electron chi connectivity index (χ0n) is 10.4. The number of thiocarbonyl (C=S) groups is 1. The number of nitrogens with zero attached hydrogens (tertiary/aromatic N) is 1. The van der Waals surface area contributed by atoms with Gasteiger partial charge in [-0.1, -0.05) is 42.2 Å². The van der Waals surface area contributed by atoms with Crippen molar-refractivity contribution >= 4 is 46.3 Å². The molecule has 1 aromatic carbocycles. The molecule has 20 heavy (non-hydrogen) atoms. The van der Waals surface area contributed by atoms with Crippen LogP contribution < -0.4 is 0 Å². The SMILES string of the molecule is C[C@@H](C(=O)O)N1C(=O)/C(=C/c2ccccc2F)SC1=S. The van der Waals surface area contributed by atoms with Gasteiger partial charge in [0.15, 0.2) is 0 Å². The second-order valence-corrected chi connectivity index (χ2v) is 5.76. The van der Waals surface area contributed by atoms with Crippen LogP contribution in [0.15, 0.2) is 29.2 Å². The first-order valence-electron chi connectivity index (χ1n) is 5.66. The molecule has 7 heteroatoms. The molecule has 1 saturated heterocycles. The van der Waals surface area contributed by atoms with E-state index in [-0.39, 0.29) is 14.8 Å². The van der Waals surface area contributed by atoms with Crippen LogP contribution in [0.3, 0.4) is 0 Å². The molecule has 0 unspecified atom stereocenters. The Morgan fingerprint density at radius 1 is 1.50 bits per heavy atom. The average molecular weight is 311 g/mol. The number of halogens is 1. The molecular formula is C13H10FNO3S2. The van der Waals surface area contributed by atoms with Crippen molar-refractivity contribution in [3.8, 4) is 0 Å². The number of aliphatic carboxylic acids is 1. The standard InChI is InChI=1S/C13H10FNO3S2/c1-7(12(17)18)15-11(16)10(20-13(15)19)6-8-4-2-3-5-9(8)14/h2-7H,1H3,(H,17,18)/b10-6-/t7-/m0/s1. The maximum Gasteiger partial charge on any atom is 0.326 e. The third-order valence-corrected chi connectivity index (χ3v) is 4.09. The summed E-state index contributed by atoms with van der Waals surface area (Å²) in [5, 5.41) is 8.96. The normalized spacial score (nSPS) is 18.7. The van der Waals surface area contributed by atoms with Crippen LogP contribution in [0.25, 0.3) is 6.08 Å². The molecule has 0 radical (unpaired) electrons. The Morgan fingerprint density at radius 3 is 2.75 bits per heavy atom. The highest BCUT2D eigenvalue weighted by molar-refractivity contribution is 8.26. The maximum absolute atomic E-state index is 13.5. The summed E-state index contributed by atoms with van der Waals surface area (Å²) in [6, 6.07) is 4.96. The van der Waals surface area contributed by atoms with Crippen molar-refractivity contribution in [3.63, 3.8) is 0 Å². The number of carbonyl (C=O) groups excluding carboxylic acids is 1. The van der Waals surface area contributed by atoms with Crippen molar-refractivity contribution in [1.29, 1.82) is 0 Å². The van der Waals surface area contributed by atoms with Gasteiger partial charge in [-0.05, 0) is 19.1 Å². The minimum atomic E-state index is -1.14. The van der Waals surface area contributed by atoms with Crippen LogP contribution >= 0.6 is 24.0 Å². The summed E-state index contributed by atoms with van der Waals surface area (Å²) >= 11 is 5.98. The second kappa shape index (κ2) is 5.72. The summed E-state index contributed by atoms with van der Waals surface area (Å²) in [5.74, 6) is -2.12. The van der Waals surface area contributed by atoms with E-state index in [1.165, 1.54) is 25.1 Å². The lowest BCUT2D eigenvalue weighted by Crippen LogP contribution is -2.41. The minimum absolute atomic E-state index is 0.160. The van der Waals surface area contributed by atoms with E-state index < -0.39 is 23.7 Å². The third-order valence-electron chi connectivity index (χ3n) is 2.76. The smallest absolute Gasteiger partial charge is 0.326 e. The number of hydrogen-bond acceptors (Lipinski definition) is 4. The largest absolute Gasteiger partial charge is 0.480 e. The lowest BCUT2D eigenvalue weighted by Gasteiger charge is -2.18. The van der Waals surface area contributed by atoms with Crippen LogP contribution in [-0.4, -0.2) is 32.2 Å². The molecule has 4 nitrogen and oxygen atoms in total. The Balaban J connectivity index is 2.33. The Morgan fingerprint density at radius 2 is 2.15 bits per heavy atom. The molecule has 1 aliphatic rings. The van der Waals surface area contributed by atoms with Gasteiger partial charge in [-0.25, -0.2) is 9.18 Å². The lowest BCUT2D eigenvalue weighted by molar-refractivity contribution is -0.144. The molecule has 0 spiro atoms. The molecule has 1 N–H and O–H groups in total. The fourth-order valence-corrected chi connectivity index (χ4v) is 3.07. The molecule has 1 aromatic rings. The Bertz CT molecular complexity index is 630. The van der Waals surface area contributed by atoms with E-state index in [0.717, 1.165) is 16.7 Å². The number of rotatable bonds is 3. The lowest BCUT2D eigenvalue weighted by atomic mass is 10.2. The van der Waals surface area contributed by atoms with Crippen molar-refractivity contribution in [2.24, 2.45) is 0 Å². The second-order valence-electron chi connectivity index (χ2n) is 4.09. The molecular weight excluding hydrogens is 301 g/mol. The fraction of sp³-hybridized carbons (Fsp3) is 0.154. The summed E-state index contributed by atoms with van der Waals surface area (Å²) in [6.45, 7) is 1.37. The van der Waals surface area contributed by atoms with Gasteiger partial charge in [0.05, 0.1) is 4.91 Å². The van der Waals surface area contributed by atoms with Crippen molar-refractivity contribution in [2.45, 2.75) is 13.0 Å². The van der Waals surface area contributed by atoms with E-state index >= 15 is 0 Å². The predicted octanol–water partition coefficient (Wildman–Crippen LogP) is 2.50. The average Bonchev–Trinajstić information content (AvgIpc) is 2.66. The number of amides is 1. The topological polar surface area (TPSA) is 57.6 Å². The predicted molar refractivity (Wildman–Crippen MR) is 78.5 cm³/mol. The Hall–Kier alpha value is -1.73. The first-order chi connectivity index (χ1) is 9.41. The van der Waals surface area contributed by atoms with Crippen molar-refractivity contribution < 1.29 is 19.1 Å². The van der Waals surface area contributed by atoms with Crippen LogP contribution in [0.1, 0.15) is 12.5 Å². The zero-order chi connectivity index (χ0) is 14.9. The molecule has 0 aliphatic carbocycles.